The van der Waals surface area contributed by atoms with E-state index < -0.39 is 21.8 Å². The Morgan fingerprint density at radius 1 is 1.00 bits per heavy atom. The minimum absolute atomic E-state index is 0.0325. The van der Waals surface area contributed by atoms with Crippen molar-refractivity contribution < 1.29 is 26.3 Å². The van der Waals surface area contributed by atoms with Crippen LogP contribution in [0.2, 0.25) is 0 Å². The van der Waals surface area contributed by atoms with E-state index in [4.69, 9.17) is 4.74 Å². The first-order chi connectivity index (χ1) is 11.2. The van der Waals surface area contributed by atoms with E-state index in [9.17, 15) is 21.6 Å². The number of alkyl halides is 3. The highest BCUT2D eigenvalue weighted by atomic mass is 32.2. The zero-order valence-corrected chi connectivity index (χ0v) is 13.9. The lowest BCUT2D eigenvalue weighted by Gasteiger charge is -2.23. The molecule has 0 radical (unpaired) electrons. The molecule has 0 saturated heterocycles. The zero-order valence-electron chi connectivity index (χ0n) is 13.0. The lowest BCUT2D eigenvalue weighted by molar-refractivity contribution is -0.137. The summed E-state index contributed by atoms with van der Waals surface area (Å²) in [4.78, 5) is 0.0325. The molecule has 0 aliphatic rings. The highest BCUT2D eigenvalue weighted by Crippen LogP contribution is 2.32. The van der Waals surface area contributed by atoms with Gasteiger partial charge in [0.1, 0.15) is 5.75 Å². The highest BCUT2D eigenvalue weighted by molar-refractivity contribution is 7.92. The van der Waals surface area contributed by atoms with Crippen molar-refractivity contribution in [1.82, 2.24) is 0 Å². The predicted octanol–water partition coefficient (Wildman–Crippen LogP) is 3.93. The Labute approximate surface area is 138 Å². The quantitative estimate of drug-likeness (QED) is 0.813. The molecule has 0 amide bonds. The maximum Gasteiger partial charge on any atom is 0.416 e. The number of halogens is 3. The van der Waals surface area contributed by atoms with Crippen LogP contribution in [0.3, 0.4) is 0 Å². The van der Waals surface area contributed by atoms with E-state index in [1.54, 1.807) is 6.92 Å². The molecule has 2 aromatic carbocycles. The zero-order chi connectivity index (χ0) is 18.0. The number of anilines is 1. The molecule has 0 aromatic heterocycles. The summed E-state index contributed by atoms with van der Waals surface area (Å²) in [5.41, 5.74) is -0.662. The van der Waals surface area contributed by atoms with Crippen LogP contribution in [0, 0.1) is 0 Å². The first kappa shape index (κ1) is 18.1. The van der Waals surface area contributed by atoms with Crippen LogP contribution in [0.25, 0.3) is 0 Å². The van der Waals surface area contributed by atoms with Crippen molar-refractivity contribution >= 4 is 15.7 Å². The molecule has 0 bridgehead atoms. The van der Waals surface area contributed by atoms with E-state index >= 15 is 0 Å². The fourth-order valence-electron chi connectivity index (χ4n) is 2.18. The maximum atomic E-state index is 12.7. The number of nitrogens with zero attached hydrogens (tertiary/aromatic N) is 1. The summed E-state index contributed by atoms with van der Waals surface area (Å²) in [6, 6.07) is 9.81. The smallest absolute Gasteiger partial charge is 0.416 e. The normalized spacial score (nSPS) is 12.0. The van der Waals surface area contributed by atoms with E-state index in [1.807, 2.05) is 0 Å². The fourth-order valence-corrected chi connectivity index (χ4v) is 3.66. The second-order valence-electron chi connectivity index (χ2n) is 4.89. The maximum absolute atomic E-state index is 12.7. The van der Waals surface area contributed by atoms with Crippen LogP contribution in [-0.2, 0) is 16.2 Å². The molecule has 0 saturated carbocycles. The summed E-state index contributed by atoms with van der Waals surface area (Å²) in [7, 11) is -2.42. The Kier molecular flexibility index (Phi) is 5.08. The van der Waals surface area contributed by atoms with Gasteiger partial charge in [0.05, 0.1) is 23.3 Å². The predicted molar refractivity (Wildman–Crippen MR) is 84.6 cm³/mol. The van der Waals surface area contributed by atoms with Crippen molar-refractivity contribution in [2.75, 3.05) is 18.0 Å². The van der Waals surface area contributed by atoms with Crippen molar-refractivity contribution in [2.24, 2.45) is 0 Å². The average Bonchev–Trinajstić information content (AvgIpc) is 2.55. The summed E-state index contributed by atoms with van der Waals surface area (Å²) >= 11 is 0. The van der Waals surface area contributed by atoms with E-state index in [0.29, 0.717) is 5.75 Å². The third kappa shape index (κ3) is 3.64. The van der Waals surface area contributed by atoms with Crippen LogP contribution >= 0.6 is 0 Å². The van der Waals surface area contributed by atoms with Crippen molar-refractivity contribution in [1.29, 1.82) is 0 Å². The monoisotopic (exact) mass is 359 g/mol. The largest absolute Gasteiger partial charge is 0.497 e. The highest BCUT2D eigenvalue weighted by Gasteiger charge is 2.31. The average molecular weight is 359 g/mol. The SMILES string of the molecule is CCN(c1ccc(C(F)(F)F)cc1)S(=O)(=O)c1ccc(OC)cc1. The summed E-state index contributed by atoms with van der Waals surface area (Å²) < 4.78 is 69.3. The molecule has 0 aliphatic carbocycles. The van der Waals surface area contributed by atoms with Crippen LogP contribution in [0.1, 0.15) is 12.5 Å². The molecule has 0 aliphatic heterocycles. The Bertz CT molecular complexity index is 785. The lowest BCUT2D eigenvalue weighted by Crippen LogP contribution is -2.30. The number of benzene rings is 2. The summed E-state index contributed by atoms with van der Waals surface area (Å²) in [6.07, 6.45) is -4.47. The van der Waals surface area contributed by atoms with Gasteiger partial charge in [-0.15, -0.1) is 0 Å². The van der Waals surface area contributed by atoms with Gasteiger partial charge in [-0.1, -0.05) is 0 Å². The molecular weight excluding hydrogens is 343 g/mol. The molecular formula is C16H16F3NO3S. The van der Waals surface area contributed by atoms with Gasteiger partial charge in [-0.3, -0.25) is 4.31 Å². The summed E-state index contributed by atoms with van der Waals surface area (Å²) in [6.45, 7) is 1.69. The molecule has 0 N–H and O–H groups in total. The third-order valence-corrected chi connectivity index (χ3v) is 5.33. The van der Waals surface area contributed by atoms with Crippen LogP contribution in [0.15, 0.2) is 53.4 Å². The van der Waals surface area contributed by atoms with E-state index in [-0.39, 0.29) is 17.1 Å². The molecule has 0 fully saturated rings. The van der Waals surface area contributed by atoms with Gasteiger partial charge >= 0.3 is 6.18 Å². The molecule has 0 heterocycles. The number of hydrogen-bond donors (Lipinski definition) is 0. The molecule has 0 atom stereocenters. The minimum Gasteiger partial charge on any atom is -0.497 e. The molecule has 4 nitrogen and oxygen atoms in total. The van der Waals surface area contributed by atoms with Gasteiger partial charge in [-0.05, 0) is 55.5 Å². The molecule has 2 rings (SSSR count). The van der Waals surface area contributed by atoms with Crippen LogP contribution in [-0.4, -0.2) is 22.1 Å². The van der Waals surface area contributed by atoms with Gasteiger partial charge in [-0.25, -0.2) is 8.42 Å². The number of rotatable bonds is 5. The van der Waals surface area contributed by atoms with E-state index in [0.717, 1.165) is 28.6 Å². The number of sulfonamides is 1. The number of hydrogen-bond acceptors (Lipinski definition) is 3. The first-order valence-corrected chi connectivity index (χ1v) is 8.48. The van der Waals surface area contributed by atoms with Gasteiger partial charge in [0, 0.05) is 6.54 Å². The van der Waals surface area contributed by atoms with Crippen molar-refractivity contribution in [3.63, 3.8) is 0 Å². The molecule has 2 aromatic rings. The number of methoxy groups -OCH3 is 1. The summed E-state index contributed by atoms with van der Waals surface area (Å²) in [5.74, 6) is 0.506. The van der Waals surface area contributed by atoms with Crippen molar-refractivity contribution in [3.8, 4) is 5.75 Å². The van der Waals surface area contributed by atoms with Gasteiger partial charge in [0.2, 0.25) is 0 Å². The minimum atomic E-state index is -4.47. The molecule has 24 heavy (non-hydrogen) atoms. The third-order valence-electron chi connectivity index (χ3n) is 3.42. The first-order valence-electron chi connectivity index (χ1n) is 7.04. The van der Waals surface area contributed by atoms with Crippen molar-refractivity contribution in [2.45, 2.75) is 18.0 Å². The molecule has 0 spiro atoms. The Morgan fingerprint density at radius 3 is 1.96 bits per heavy atom. The van der Waals surface area contributed by atoms with Crippen LogP contribution in [0.5, 0.6) is 5.75 Å². The molecule has 0 unspecified atom stereocenters. The topological polar surface area (TPSA) is 46.6 Å². The van der Waals surface area contributed by atoms with E-state index in [1.165, 1.54) is 31.4 Å². The molecule has 130 valence electrons. The number of ether oxygens (including phenoxy) is 1. The second kappa shape index (κ2) is 6.72. The van der Waals surface area contributed by atoms with E-state index in [2.05, 4.69) is 0 Å². The molecule has 8 heteroatoms. The standard InChI is InChI=1S/C16H16F3NO3S/c1-3-20(13-6-4-12(5-7-13)16(17,18)19)24(21,22)15-10-8-14(23-2)9-11-15/h4-11H,3H2,1-2H3. The Hall–Kier alpha value is -2.22. The van der Waals surface area contributed by atoms with Crippen LogP contribution in [0.4, 0.5) is 18.9 Å². The van der Waals surface area contributed by atoms with Gasteiger partial charge in [0.25, 0.3) is 10.0 Å². The Morgan fingerprint density at radius 2 is 1.54 bits per heavy atom. The van der Waals surface area contributed by atoms with Crippen LogP contribution < -0.4 is 9.04 Å². The van der Waals surface area contributed by atoms with Gasteiger partial charge in [0.15, 0.2) is 0 Å². The van der Waals surface area contributed by atoms with Crippen molar-refractivity contribution in [3.05, 3.63) is 54.1 Å². The Balaban J connectivity index is 2.38. The lowest BCUT2D eigenvalue weighted by atomic mass is 10.2. The second-order valence-corrected chi connectivity index (χ2v) is 6.75. The summed E-state index contributed by atoms with van der Waals surface area (Å²) in [5, 5.41) is 0. The van der Waals surface area contributed by atoms with Gasteiger partial charge in [-0.2, -0.15) is 13.2 Å². The van der Waals surface area contributed by atoms with Gasteiger partial charge < -0.3 is 4.74 Å². The fraction of sp³-hybridized carbons (Fsp3) is 0.250.